The van der Waals surface area contributed by atoms with Crippen molar-refractivity contribution in [2.24, 2.45) is 0 Å². The van der Waals surface area contributed by atoms with Gasteiger partial charge in [0.2, 0.25) is 0 Å². The molecule has 3 aromatic rings. The highest BCUT2D eigenvalue weighted by Crippen LogP contribution is 2.39. The van der Waals surface area contributed by atoms with Crippen molar-refractivity contribution < 1.29 is 9.59 Å². The minimum absolute atomic E-state index is 0.230. The predicted molar refractivity (Wildman–Crippen MR) is 93.7 cm³/mol. The highest BCUT2D eigenvalue weighted by Gasteiger charge is 2.35. The van der Waals surface area contributed by atoms with E-state index in [-0.39, 0.29) is 11.8 Å². The first-order chi connectivity index (χ1) is 11.6. The minimum Gasteiger partial charge on any atom is -0.268 e. The lowest BCUT2D eigenvalue weighted by Crippen LogP contribution is -2.40. The number of carbonyl (C=O) groups is 2. The molecule has 5 rings (SSSR count). The van der Waals surface area contributed by atoms with Gasteiger partial charge in [-0.15, -0.1) is 0 Å². The summed E-state index contributed by atoms with van der Waals surface area (Å²) >= 11 is 0. The van der Waals surface area contributed by atoms with Crippen molar-refractivity contribution in [3.8, 4) is 0 Å². The summed E-state index contributed by atoms with van der Waals surface area (Å²) in [5.74, 6) is -0.459. The van der Waals surface area contributed by atoms with Gasteiger partial charge in [-0.25, -0.2) is 4.90 Å². The van der Waals surface area contributed by atoms with Crippen LogP contribution < -0.4 is 4.90 Å². The van der Waals surface area contributed by atoms with E-state index in [0.717, 1.165) is 29.2 Å². The van der Waals surface area contributed by atoms with Gasteiger partial charge < -0.3 is 0 Å². The molecule has 3 aromatic carbocycles. The number of nitrogens with zero attached hydrogens (tertiary/aromatic N) is 1. The second-order valence-corrected chi connectivity index (χ2v) is 6.58. The van der Waals surface area contributed by atoms with Gasteiger partial charge in [0.1, 0.15) is 0 Å². The molecule has 1 aliphatic carbocycles. The van der Waals surface area contributed by atoms with Gasteiger partial charge in [-0.05, 0) is 60.5 Å². The van der Waals surface area contributed by atoms with E-state index in [0.29, 0.717) is 16.8 Å². The van der Waals surface area contributed by atoms with Crippen LogP contribution in [0.5, 0.6) is 0 Å². The monoisotopic (exact) mass is 313 g/mol. The van der Waals surface area contributed by atoms with Gasteiger partial charge in [0.15, 0.2) is 0 Å². The van der Waals surface area contributed by atoms with Crippen molar-refractivity contribution in [3.63, 3.8) is 0 Å². The Balaban J connectivity index is 1.79. The van der Waals surface area contributed by atoms with Gasteiger partial charge in [-0.2, -0.15) is 0 Å². The van der Waals surface area contributed by atoms with E-state index in [1.54, 1.807) is 0 Å². The third-order valence-electron chi connectivity index (χ3n) is 5.16. The Labute approximate surface area is 139 Å². The van der Waals surface area contributed by atoms with Gasteiger partial charge in [0.25, 0.3) is 11.8 Å². The lowest BCUT2D eigenvalue weighted by Gasteiger charge is -2.27. The molecule has 1 aliphatic heterocycles. The second-order valence-electron chi connectivity index (χ2n) is 6.58. The third-order valence-corrected chi connectivity index (χ3v) is 5.16. The van der Waals surface area contributed by atoms with Crippen LogP contribution in [0.3, 0.4) is 0 Å². The summed E-state index contributed by atoms with van der Waals surface area (Å²) in [6.45, 7) is 1.98. The van der Waals surface area contributed by atoms with Crippen molar-refractivity contribution in [3.05, 3.63) is 76.3 Å². The molecule has 0 N–H and O–H groups in total. The van der Waals surface area contributed by atoms with Gasteiger partial charge in [0.05, 0.1) is 5.69 Å². The number of rotatable bonds is 1. The molecule has 0 radical (unpaired) electrons. The zero-order chi connectivity index (χ0) is 16.4. The Kier molecular flexibility index (Phi) is 2.55. The number of anilines is 1. The molecule has 0 saturated heterocycles. The molecule has 0 unspecified atom stereocenters. The normalized spacial score (nSPS) is 15.5. The highest BCUT2D eigenvalue weighted by molar-refractivity contribution is 6.36. The molecule has 2 aliphatic rings. The molecule has 0 saturated carbocycles. The average Bonchev–Trinajstić information content (AvgIpc) is 3.01. The van der Waals surface area contributed by atoms with Crippen molar-refractivity contribution in [2.75, 3.05) is 4.90 Å². The molecular formula is C21H15NO2. The minimum atomic E-state index is -0.230. The van der Waals surface area contributed by atoms with Crippen LogP contribution in [0.1, 0.15) is 37.4 Å². The molecule has 0 aromatic heterocycles. The van der Waals surface area contributed by atoms with Gasteiger partial charge in [-0.1, -0.05) is 29.8 Å². The van der Waals surface area contributed by atoms with Gasteiger partial charge >= 0.3 is 0 Å². The second kappa shape index (κ2) is 4.54. The maximum Gasteiger partial charge on any atom is 0.265 e. The largest absolute Gasteiger partial charge is 0.268 e. The van der Waals surface area contributed by atoms with E-state index in [4.69, 9.17) is 0 Å². The maximum absolute atomic E-state index is 13.0. The molecule has 0 bridgehead atoms. The summed E-state index contributed by atoms with van der Waals surface area (Å²) < 4.78 is 0. The van der Waals surface area contributed by atoms with E-state index in [1.165, 1.54) is 16.0 Å². The number of hydrogen-bond acceptors (Lipinski definition) is 2. The van der Waals surface area contributed by atoms with Gasteiger partial charge in [-0.3, -0.25) is 9.59 Å². The molecule has 24 heavy (non-hydrogen) atoms. The molecular weight excluding hydrogens is 298 g/mol. The standard InChI is InChI=1S/C21H15NO2/c1-12-2-8-15(9-3-12)22-20(23)16-10-6-13-4-5-14-7-11-17(21(22)24)19(16)18(13)14/h2-3,6-11H,4-5H2,1H3. The van der Waals surface area contributed by atoms with Crippen LogP contribution in [-0.2, 0) is 12.8 Å². The Morgan fingerprint density at radius 1 is 0.708 bits per heavy atom. The fraction of sp³-hybridized carbons (Fsp3) is 0.143. The van der Waals surface area contributed by atoms with Crippen LogP contribution in [0.25, 0.3) is 10.8 Å². The summed E-state index contributed by atoms with van der Waals surface area (Å²) in [6.07, 6.45) is 1.97. The van der Waals surface area contributed by atoms with E-state index in [2.05, 4.69) is 0 Å². The quantitative estimate of drug-likeness (QED) is 0.636. The number of amides is 2. The van der Waals surface area contributed by atoms with E-state index >= 15 is 0 Å². The average molecular weight is 313 g/mol. The number of hydrogen-bond donors (Lipinski definition) is 0. The third kappa shape index (κ3) is 1.61. The first-order valence-electron chi connectivity index (χ1n) is 8.18. The van der Waals surface area contributed by atoms with Crippen LogP contribution in [0.4, 0.5) is 5.69 Å². The van der Waals surface area contributed by atoms with E-state index < -0.39 is 0 Å². The number of aryl methyl sites for hydroxylation is 3. The van der Waals surface area contributed by atoms with Crippen LogP contribution >= 0.6 is 0 Å². The Morgan fingerprint density at radius 2 is 1.25 bits per heavy atom. The summed E-state index contributed by atoms with van der Waals surface area (Å²) in [6, 6.07) is 15.3. The zero-order valence-electron chi connectivity index (χ0n) is 13.3. The summed E-state index contributed by atoms with van der Waals surface area (Å²) in [7, 11) is 0. The van der Waals surface area contributed by atoms with E-state index in [9.17, 15) is 9.59 Å². The summed E-state index contributed by atoms with van der Waals surface area (Å²) in [5.41, 5.74) is 5.47. The fourth-order valence-electron chi connectivity index (χ4n) is 3.95. The molecule has 3 heteroatoms. The number of carbonyl (C=O) groups excluding carboxylic acids is 2. The summed E-state index contributed by atoms with van der Waals surface area (Å²) in [4.78, 5) is 27.4. The lowest BCUT2D eigenvalue weighted by molar-refractivity contribution is 0.0893. The van der Waals surface area contributed by atoms with Crippen LogP contribution in [0.2, 0.25) is 0 Å². The van der Waals surface area contributed by atoms with Crippen LogP contribution in [0, 0.1) is 6.92 Å². The van der Waals surface area contributed by atoms with Crippen molar-refractivity contribution in [2.45, 2.75) is 19.8 Å². The smallest absolute Gasteiger partial charge is 0.265 e. The van der Waals surface area contributed by atoms with Crippen LogP contribution in [-0.4, -0.2) is 11.8 Å². The number of benzene rings is 3. The molecule has 3 nitrogen and oxygen atoms in total. The predicted octanol–water partition coefficient (Wildman–Crippen LogP) is 4.05. The first-order valence-corrected chi connectivity index (χ1v) is 8.18. The molecule has 0 spiro atoms. The Bertz CT molecular complexity index is 989. The van der Waals surface area contributed by atoms with Gasteiger partial charge in [0, 0.05) is 16.5 Å². The molecule has 116 valence electrons. The van der Waals surface area contributed by atoms with E-state index in [1.807, 2.05) is 55.5 Å². The molecule has 0 fully saturated rings. The highest BCUT2D eigenvalue weighted by atomic mass is 16.2. The van der Waals surface area contributed by atoms with Crippen molar-refractivity contribution in [1.82, 2.24) is 0 Å². The maximum atomic E-state index is 13.0. The molecule has 0 atom stereocenters. The Hall–Kier alpha value is -2.94. The lowest BCUT2D eigenvalue weighted by atomic mass is 9.91. The molecule has 2 amide bonds. The topological polar surface area (TPSA) is 37.4 Å². The SMILES string of the molecule is Cc1ccc(N2C(=O)c3ccc4c5c(ccc(c35)C2=O)CC4)cc1. The van der Waals surface area contributed by atoms with Crippen LogP contribution in [0.15, 0.2) is 48.5 Å². The summed E-state index contributed by atoms with van der Waals surface area (Å²) in [5, 5.41) is 1.97. The fourth-order valence-corrected chi connectivity index (χ4v) is 3.95. The molecule has 1 heterocycles. The van der Waals surface area contributed by atoms with Crippen molar-refractivity contribution >= 4 is 28.3 Å². The van der Waals surface area contributed by atoms with Crippen molar-refractivity contribution in [1.29, 1.82) is 0 Å². The number of imide groups is 1. The Morgan fingerprint density at radius 3 is 1.79 bits per heavy atom. The zero-order valence-corrected chi connectivity index (χ0v) is 13.3. The first kappa shape index (κ1) is 13.5.